The zero-order chi connectivity index (χ0) is 20.6. The van der Waals surface area contributed by atoms with Gasteiger partial charge in [0, 0.05) is 18.7 Å². The predicted octanol–water partition coefficient (Wildman–Crippen LogP) is 3.03. The number of nitrogens with zero attached hydrogens (tertiary/aromatic N) is 2. The summed E-state index contributed by atoms with van der Waals surface area (Å²) in [6, 6.07) is 5.40. The molecular weight excluding hydrogens is 360 g/mol. The molecular formula is C17H22N2O8. The molecule has 1 aromatic carbocycles. The Balaban J connectivity index is 2.77. The van der Waals surface area contributed by atoms with Crippen LogP contribution in [0.15, 0.2) is 24.3 Å². The molecule has 0 heterocycles. The van der Waals surface area contributed by atoms with Crippen molar-refractivity contribution in [3.63, 3.8) is 0 Å². The molecule has 0 saturated heterocycles. The lowest BCUT2D eigenvalue weighted by atomic mass is 10.2. The summed E-state index contributed by atoms with van der Waals surface area (Å²) in [5.41, 5.74) is -0.455. The Morgan fingerprint density at radius 3 is 2.19 bits per heavy atom. The highest BCUT2D eigenvalue weighted by atomic mass is 16.6. The van der Waals surface area contributed by atoms with E-state index in [9.17, 15) is 24.5 Å². The second-order valence-electron chi connectivity index (χ2n) is 6.44. The van der Waals surface area contributed by atoms with E-state index in [1.165, 1.54) is 31.4 Å². The molecule has 10 nitrogen and oxygen atoms in total. The van der Waals surface area contributed by atoms with Gasteiger partial charge in [0.1, 0.15) is 12.2 Å². The van der Waals surface area contributed by atoms with Gasteiger partial charge in [-0.2, -0.15) is 0 Å². The van der Waals surface area contributed by atoms with E-state index in [1.807, 2.05) is 0 Å². The number of amides is 2. The van der Waals surface area contributed by atoms with Crippen LogP contribution >= 0.6 is 0 Å². The van der Waals surface area contributed by atoms with Gasteiger partial charge < -0.3 is 14.2 Å². The molecule has 0 N–H and O–H groups in total. The molecule has 0 radical (unpaired) electrons. The average molecular weight is 382 g/mol. The van der Waals surface area contributed by atoms with Gasteiger partial charge in [-0.05, 0) is 38.5 Å². The van der Waals surface area contributed by atoms with E-state index in [2.05, 4.69) is 4.74 Å². The summed E-state index contributed by atoms with van der Waals surface area (Å²) in [6.45, 7) is 4.40. The third-order valence-corrected chi connectivity index (χ3v) is 3.11. The van der Waals surface area contributed by atoms with Crippen LogP contribution in [0.2, 0.25) is 0 Å². The van der Waals surface area contributed by atoms with Gasteiger partial charge in [-0.15, -0.1) is 0 Å². The topological polar surface area (TPSA) is 125 Å². The van der Waals surface area contributed by atoms with Crippen LogP contribution in [0, 0.1) is 10.1 Å². The summed E-state index contributed by atoms with van der Waals surface area (Å²) in [5.74, 6) is -0.605. The predicted molar refractivity (Wildman–Crippen MR) is 92.9 cm³/mol. The molecule has 0 bridgehead atoms. The fraction of sp³-hybridized carbons (Fsp3) is 0.471. The first-order valence-corrected chi connectivity index (χ1v) is 8.01. The minimum absolute atomic E-state index is 0.0986. The number of methoxy groups -OCH3 is 1. The number of rotatable bonds is 6. The van der Waals surface area contributed by atoms with Gasteiger partial charge in [0.15, 0.2) is 0 Å². The Labute approximate surface area is 156 Å². The summed E-state index contributed by atoms with van der Waals surface area (Å²) >= 11 is 0. The third-order valence-electron chi connectivity index (χ3n) is 3.11. The van der Waals surface area contributed by atoms with E-state index in [4.69, 9.17) is 9.47 Å². The van der Waals surface area contributed by atoms with Gasteiger partial charge in [0.05, 0.1) is 18.5 Å². The first-order chi connectivity index (χ1) is 12.5. The number of hydrogen-bond acceptors (Lipinski definition) is 8. The van der Waals surface area contributed by atoms with Crippen LogP contribution in [0.25, 0.3) is 0 Å². The van der Waals surface area contributed by atoms with Crippen LogP contribution in [-0.2, 0) is 25.6 Å². The summed E-state index contributed by atoms with van der Waals surface area (Å²) in [4.78, 5) is 46.5. The molecule has 0 aliphatic heterocycles. The van der Waals surface area contributed by atoms with E-state index in [-0.39, 0.29) is 25.3 Å². The van der Waals surface area contributed by atoms with Gasteiger partial charge in [-0.25, -0.2) is 14.5 Å². The summed E-state index contributed by atoms with van der Waals surface area (Å²) in [5, 5.41) is 10.6. The van der Waals surface area contributed by atoms with Crippen LogP contribution in [0.4, 0.5) is 15.3 Å². The minimum Gasteiger partial charge on any atom is -0.469 e. The molecule has 1 aromatic rings. The van der Waals surface area contributed by atoms with E-state index in [0.29, 0.717) is 10.5 Å². The number of non-ortho nitro benzene ring substituents is 1. The molecule has 0 saturated carbocycles. The minimum atomic E-state index is -1.01. The number of hydrogen-bond donors (Lipinski definition) is 0. The smallest absolute Gasteiger partial charge is 0.419 e. The van der Waals surface area contributed by atoms with Crippen LogP contribution in [0.1, 0.15) is 32.8 Å². The molecule has 148 valence electrons. The van der Waals surface area contributed by atoms with Crippen molar-refractivity contribution in [1.29, 1.82) is 0 Å². The van der Waals surface area contributed by atoms with Crippen molar-refractivity contribution in [1.82, 2.24) is 4.90 Å². The Kier molecular flexibility index (Phi) is 7.70. The number of ether oxygens (including phenoxy) is 3. The lowest BCUT2D eigenvalue weighted by Gasteiger charge is -2.25. The van der Waals surface area contributed by atoms with Gasteiger partial charge >= 0.3 is 18.2 Å². The summed E-state index contributed by atoms with van der Waals surface area (Å²) in [6.07, 6.45) is -2.19. The molecule has 0 aliphatic carbocycles. The number of esters is 1. The normalized spacial score (nSPS) is 10.7. The van der Waals surface area contributed by atoms with E-state index < -0.39 is 28.7 Å². The largest absolute Gasteiger partial charge is 0.469 e. The van der Waals surface area contributed by atoms with Crippen molar-refractivity contribution < 1.29 is 33.5 Å². The van der Waals surface area contributed by atoms with Gasteiger partial charge in [0.2, 0.25) is 0 Å². The fourth-order valence-electron chi connectivity index (χ4n) is 1.82. The molecule has 2 amide bonds. The standard InChI is InChI=1S/C17H22N2O8/c1-17(2,3)27-16(22)18(10-9-14(20)25-4)15(21)26-11-12-5-7-13(8-6-12)19(23)24/h5-8H,9-11H2,1-4H3. The molecule has 0 aliphatic rings. The monoisotopic (exact) mass is 382 g/mol. The zero-order valence-electron chi connectivity index (χ0n) is 15.6. The van der Waals surface area contributed by atoms with Crippen molar-refractivity contribution in [3.8, 4) is 0 Å². The first kappa shape index (κ1) is 21.9. The van der Waals surface area contributed by atoms with Crippen molar-refractivity contribution in [3.05, 3.63) is 39.9 Å². The highest BCUT2D eigenvalue weighted by Gasteiger charge is 2.29. The lowest BCUT2D eigenvalue weighted by Crippen LogP contribution is -2.42. The Hall–Kier alpha value is -3.17. The molecule has 0 aromatic heterocycles. The summed E-state index contributed by atoms with van der Waals surface area (Å²) < 4.78 is 14.7. The number of imide groups is 1. The van der Waals surface area contributed by atoms with Crippen molar-refractivity contribution in [2.75, 3.05) is 13.7 Å². The van der Waals surface area contributed by atoms with Crippen LogP contribution < -0.4 is 0 Å². The Morgan fingerprint density at radius 1 is 1.11 bits per heavy atom. The van der Waals surface area contributed by atoms with Crippen LogP contribution in [0.3, 0.4) is 0 Å². The van der Waals surface area contributed by atoms with E-state index >= 15 is 0 Å². The van der Waals surface area contributed by atoms with Crippen LogP contribution in [0.5, 0.6) is 0 Å². The number of benzene rings is 1. The third kappa shape index (κ3) is 7.72. The quantitative estimate of drug-likeness (QED) is 0.318. The molecule has 0 fully saturated rings. The summed E-state index contributed by atoms with van der Waals surface area (Å²) in [7, 11) is 1.19. The molecule has 1 rings (SSSR count). The lowest BCUT2D eigenvalue weighted by molar-refractivity contribution is -0.384. The molecule has 27 heavy (non-hydrogen) atoms. The van der Waals surface area contributed by atoms with Crippen molar-refractivity contribution in [2.45, 2.75) is 39.4 Å². The second-order valence-corrected chi connectivity index (χ2v) is 6.44. The zero-order valence-corrected chi connectivity index (χ0v) is 15.6. The van der Waals surface area contributed by atoms with Crippen molar-refractivity contribution in [2.24, 2.45) is 0 Å². The Morgan fingerprint density at radius 2 is 1.70 bits per heavy atom. The highest BCUT2D eigenvalue weighted by Crippen LogP contribution is 2.14. The fourth-order valence-corrected chi connectivity index (χ4v) is 1.82. The van der Waals surface area contributed by atoms with E-state index in [0.717, 1.165) is 0 Å². The second kappa shape index (κ2) is 9.51. The maximum atomic E-state index is 12.3. The van der Waals surface area contributed by atoms with E-state index in [1.54, 1.807) is 20.8 Å². The molecule has 0 unspecified atom stereocenters. The van der Waals surface area contributed by atoms with Crippen molar-refractivity contribution >= 4 is 23.8 Å². The maximum absolute atomic E-state index is 12.3. The first-order valence-electron chi connectivity index (χ1n) is 8.01. The molecule has 0 atom stereocenters. The highest BCUT2D eigenvalue weighted by molar-refractivity contribution is 5.88. The van der Waals surface area contributed by atoms with Gasteiger partial charge in [0.25, 0.3) is 5.69 Å². The Bertz CT molecular complexity index is 694. The number of nitro benzene ring substituents is 1. The molecule has 10 heteroatoms. The number of carbonyl (C=O) groups is 3. The number of carbonyl (C=O) groups excluding carboxylic acids is 3. The van der Waals surface area contributed by atoms with Gasteiger partial charge in [-0.1, -0.05) is 0 Å². The SMILES string of the molecule is COC(=O)CCN(C(=O)OCc1ccc([N+](=O)[O-])cc1)C(=O)OC(C)(C)C. The number of nitro groups is 1. The van der Waals surface area contributed by atoms with Gasteiger partial charge in [-0.3, -0.25) is 14.9 Å². The van der Waals surface area contributed by atoms with Crippen LogP contribution in [-0.4, -0.2) is 47.2 Å². The molecule has 0 spiro atoms. The maximum Gasteiger partial charge on any atom is 0.419 e. The average Bonchev–Trinajstić information content (AvgIpc) is 2.58.